The van der Waals surface area contributed by atoms with Gasteiger partial charge in [0.05, 0.1) is 10.6 Å². The van der Waals surface area contributed by atoms with Gasteiger partial charge in [-0.15, -0.1) is 0 Å². The van der Waals surface area contributed by atoms with Crippen LogP contribution >= 0.6 is 0 Å². The van der Waals surface area contributed by atoms with Crippen molar-refractivity contribution in [3.63, 3.8) is 0 Å². The summed E-state index contributed by atoms with van der Waals surface area (Å²) in [6.45, 7) is 0. The van der Waals surface area contributed by atoms with Crippen molar-refractivity contribution in [2.75, 3.05) is 4.72 Å². The molecule has 4 nitrogen and oxygen atoms in total. The van der Waals surface area contributed by atoms with Crippen LogP contribution in [0.5, 0.6) is 5.75 Å². The Labute approximate surface area is 112 Å². The number of nitrogens with one attached hydrogen (secondary N) is 1. The Balaban J connectivity index is 2.38. The number of phenols is 1. The molecule has 20 heavy (non-hydrogen) atoms. The average molecular weight is 303 g/mol. The van der Waals surface area contributed by atoms with Gasteiger partial charge in [-0.3, -0.25) is 4.72 Å². The van der Waals surface area contributed by atoms with Crippen LogP contribution in [0.1, 0.15) is 0 Å². The van der Waals surface area contributed by atoms with Crippen LogP contribution in [0.4, 0.5) is 18.9 Å². The van der Waals surface area contributed by atoms with Crippen molar-refractivity contribution in [2.45, 2.75) is 4.90 Å². The molecular formula is C12H8F3NO3S. The van der Waals surface area contributed by atoms with Crippen LogP contribution in [-0.2, 0) is 10.0 Å². The van der Waals surface area contributed by atoms with Gasteiger partial charge in [-0.05, 0) is 24.3 Å². The lowest BCUT2D eigenvalue weighted by atomic mass is 10.3. The number of hydrogen-bond acceptors (Lipinski definition) is 3. The molecule has 0 bridgehead atoms. The minimum absolute atomic E-state index is 0.150. The van der Waals surface area contributed by atoms with E-state index in [1.54, 1.807) is 4.72 Å². The van der Waals surface area contributed by atoms with E-state index < -0.39 is 33.2 Å². The van der Waals surface area contributed by atoms with Gasteiger partial charge >= 0.3 is 0 Å². The van der Waals surface area contributed by atoms with Gasteiger partial charge in [0, 0.05) is 12.1 Å². The third-order valence-corrected chi connectivity index (χ3v) is 3.78. The topological polar surface area (TPSA) is 66.4 Å². The summed E-state index contributed by atoms with van der Waals surface area (Å²) < 4.78 is 64.7. The zero-order valence-corrected chi connectivity index (χ0v) is 10.6. The number of phenolic OH excluding ortho intramolecular Hbond substituents is 1. The highest BCUT2D eigenvalue weighted by atomic mass is 32.2. The predicted molar refractivity (Wildman–Crippen MR) is 65.2 cm³/mol. The summed E-state index contributed by atoms with van der Waals surface area (Å²) in [5, 5.41) is 9.06. The van der Waals surface area contributed by atoms with E-state index in [9.17, 15) is 21.6 Å². The number of halogens is 3. The molecule has 8 heteroatoms. The molecule has 0 aliphatic carbocycles. The van der Waals surface area contributed by atoms with E-state index in [2.05, 4.69) is 0 Å². The van der Waals surface area contributed by atoms with E-state index in [0.29, 0.717) is 6.07 Å². The van der Waals surface area contributed by atoms with E-state index in [1.807, 2.05) is 0 Å². The van der Waals surface area contributed by atoms with Crippen molar-refractivity contribution < 1.29 is 26.7 Å². The van der Waals surface area contributed by atoms with Crippen LogP contribution < -0.4 is 4.72 Å². The summed E-state index contributed by atoms with van der Waals surface area (Å²) in [4.78, 5) is -0.264. The van der Waals surface area contributed by atoms with Crippen LogP contribution in [0.15, 0.2) is 41.3 Å². The smallest absolute Gasteiger partial charge is 0.261 e. The normalized spacial score (nSPS) is 11.3. The van der Waals surface area contributed by atoms with Crippen molar-refractivity contribution in [3.8, 4) is 5.75 Å². The third kappa shape index (κ3) is 2.85. The molecule has 0 amide bonds. The Morgan fingerprint density at radius 2 is 1.45 bits per heavy atom. The molecule has 0 fully saturated rings. The second kappa shape index (κ2) is 5.04. The molecule has 2 aromatic carbocycles. The second-order valence-electron chi connectivity index (χ2n) is 3.85. The maximum absolute atomic E-state index is 13.4. The minimum atomic E-state index is -4.17. The Bertz CT molecular complexity index is 745. The molecular weight excluding hydrogens is 295 g/mol. The quantitative estimate of drug-likeness (QED) is 0.857. The highest BCUT2D eigenvalue weighted by molar-refractivity contribution is 7.92. The van der Waals surface area contributed by atoms with Crippen molar-refractivity contribution >= 4 is 15.7 Å². The number of sulfonamides is 1. The fourth-order valence-corrected chi connectivity index (χ4v) is 2.49. The van der Waals surface area contributed by atoms with Crippen LogP contribution in [0.2, 0.25) is 0 Å². The molecule has 0 aliphatic rings. The number of hydrogen-bond donors (Lipinski definition) is 2. The van der Waals surface area contributed by atoms with Gasteiger partial charge in [-0.1, -0.05) is 0 Å². The van der Waals surface area contributed by atoms with Crippen molar-refractivity contribution in [1.29, 1.82) is 0 Å². The summed E-state index contributed by atoms with van der Waals surface area (Å²) in [5.41, 5.74) is -0.711. The van der Waals surface area contributed by atoms with Gasteiger partial charge in [0.15, 0.2) is 11.6 Å². The van der Waals surface area contributed by atoms with Crippen molar-refractivity contribution in [1.82, 2.24) is 0 Å². The number of benzene rings is 2. The van der Waals surface area contributed by atoms with E-state index >= 15 is 0 Å². The first-order chi connectivity index (χ1) is 9.29. The lowest BCUT2D eigenvalue weighted by molar-refractivity contribution is 0.475. The summed E-state index contributed by atoms with van der Waals surface area (Å²) in [6.07, 6.45) is 0. The van der Waals surface area contributed by atoms with E-state index in [0.717, 1.165) is 24.3 Å². The van der Waals surface area contributed by atoms with Gasteiger partial charge in [-0.25, -0.2) is 21.6 Å². The molecule has 0 aliphatic heterocycles. The number of rotatable bonds is 3. The molecule has 0 unspecified atom stereocenters. The number of aromatic hydroxyl groups is 1. The molecule has 0 heterocycles. The van der Waals surface area contributed by atoms with Crippen molar-refractivity contribution in [3.05, 3.63) is 53.8 Å². The monoisotopic (exact) mass is 303 g/mol. The summed E-state index contributed by atoms with van der Waals surface area (Å²) in [5.74, 6) is -4.20. The Hall–Kier alpha value is -2.22. The van der Waals surface area contributed by atoms with Crippen LogP contribution in [0.3, 0.4) is 0 Å². The highest BCUT2D eigenvalue weighted by Crippen LogP contribution is 2.22. The second-order valence-corrected chi connectivity index (χ2v) is 5.53. The van der Waals surface area contributed by atoms with Gasteiger partial charge in [-0.2, -0.15) is 0 Å². The largest absolute Gasteiger partial charge is 0.508 e. The fourth-order valence-electron chi connectivity index (χ4n) is 1.43. The Morgan fingerprint density at radius 3 is 2.05 bits per heavy atom. The molecule has 0 saturated heterocycles. The lowest BCUT2D eigenvalue weighted by Crippen LogP contribution is -2.14. The molecule has 0 spiro atoms. The van der Waals surface area contributed by atoms with Gasteiger partial charge < -0.3 is 5.11 Å². The highest BCUT2D eigenvalue weighted by Gasteiger charge is 2.18. The molecule has 0 saturated carbocycles. The fraction of sp³-hybridized carbons (Fsp3) is 0. The summed E-state index contributed by atoms with van der Waals surface area (Å²) >= 11 is 0. The van der Waals surface area contributed by atoms with Crippen LogP contribution in [-0.4, -0.2) is 13.5 Å². The standard InChI is InChI=1S/C12H8F3NO3S/c13-9-5-11(15)12(6-10(9)14)16-20(18,19)8-3-1-7(17)2-4-8/h1-6,16-17H. The van der Waals surface area contributed by atoms with Crippen molar-refractivity contribution in [2.24, 2.45) is 0 Å². The van der Waals surface area contributed by atoms with E-state index in [-0.39, 0.29) is 16.7 Å². The Morgan fingerprint density at radius 1 is 0.900 bits per heavy atom. The first kappa shape index (κ1) is 14.2. The first-order valence-corrected chi connectivity index (χ1v) is 6.74. The van der Waals surface area contributed by atoms with E-state index in [1.165, 1.54) is 0 Å². The van der Waals surface area contributed by atoms with Gasteiger partial charge in [0.25, 0.3) is 10.0 Å². The van der Waals surface area contributed by atoms with Gasteiger partial charge in [0.2, 0.25) is 0 Å². The molecule has 2 rings (SSSR count). The minimum Gasteiger partial charge on any atom is -0.508 e. The molecule has 0 radical (unpaired) electrons. The SMILES string of the molecule is O=S(=O)(Nc1cc(F)c(F)cc1F)c1ccc(O)cc1. The molecule has 2 aromatic rings. The number of anilines is 1. The Kier molecular flexibility index (Phi) is 3.58. The zero-order chi connectivity index (χ0) is 14.9. The first-order valence-electron chi connectivity index (χ1n) is 5.26. The third-order valence-electron chi connectivity index (χ3n) is 2.40. The van der Waals surface area contributed by atoms with Gasteiger partial charge in [0.1, 0.15) is 11.6 Å². The maximum Gasteiger partial charge on any atom is 0.261 e. The average Bonchev–Trinajstić information content (AvgIpc) is 2.36. The summed E-state index contributed by atoms with van der Waals surface area (Å²) in [7, 11) is -4.17. The maximum atomic E-state index is 13.4. The predicted octanol–water partition coefficient (Wildman–Crippen LogP) is 2.61. The molecule has 2 N–H and O–H groups in total. The van der Waals surface area contributed by atoms with Crippen LogP contribution in [0, 0.1) is 17.5 Å². The zero-order valence-electron chi connectivity index (χ0n) is 9.77. The summed E-state index contributed by atoms with van der Waals surface area (Å²) in [6, 6.07) is 5.05. The molecule has 0 atom stereocenters. The molecule has 0 aromatic heterocycles. The lowest BCUT2D eigenvalue weighted by Gasteiger charge is -2.09. The molecule has 106 valence electrons. The van der Waals surface area contributed by atoms with Crippen LogP contribution in [0.25, 0.3) is 0 Å². The van der Waals surface area contributed by atoms with E-state index in [4.69, 9.17) is 5.11 Å².